The minimum absolute atomic E-state index is 0.0458. The van der Waals surface area contributed by atoms with Crippen molar-refractivity contribution < 1.29 is 4.79 Å². The number of aromatic nitrogens is 3. The normalized spacial score (nSPS) is 14.8. The highest BCUT2D eigenvalue weighted by Crippen LogP contribution is 2.32. The topological polar surface area (TPSA) is 76.9 Å². The molecule has 1 atom stereocenters. The van der Waals surface area contributed by atoms with Crippen LogP contribution in [0.5, 0.6) is 0 Å². The monoisotopic (exact) mass is 394 g/mol. The van der Waals surface area contributed by atoms with E-state index in [1.54, 1.807) is 12.3 Å². The van der Waals surface area contributed by atoms with Crippen LogP contribution in [0.4, 0.5) is 0 Å². The second-order valence-corrected chi connectivity index (χ2v) is 8.17. The maximum atomic E-state index is 13.2. The molecular formula is C21H22N4O2S. The van der Waals surface area contributed by atoms with Gasteiger partial charge in [0.25, 0.3) is 5.56 Å². The van der Waals surface area contributed by atoms with Gasteiger partial charge in [0, 0.05) is 12.2 Å². The van der Waals surface area contributed by atoms with Crippen molar-refractivity contribution in [1.29, 1.82) is 0 Å². The number of fused-ring (bicyclic) bond motifs is 1. The lowest BCUT2D eigenvalue weighted by Crippen LogP contribution is -2.35. The molecule has 2 heterocycles. The Bertz CT molecular complexity index is 1090. The molecule has 1 aliphatic rings. The standard InChI is InChI=1S/C21H22N4O2S/c1-13-9-10-22-18(11-13)25-20(27)16-5-3-4-6-17(16)24-21(25)28-12-19(26)23-14(2)15-7-8-15/h3-6,9-11,14-15H,7-8,12H2,1-2H3,(H,23,26)/t14-/m1/s1. The number of nitrogens with one attached hydrogen (secondary N) is 1. The van der Waals surface area contributed by atoms with Crippen LogP contribution in [0, 0.1) is 12.8 Å². The molecule has 144 valence electrons. The number of thioether (sulfide) groups is 1. The fraction of sp³-hybridized carbons (Fsp3) is 0.333. The lowest BCUT2D eigenvalue weighted by atomic mass is 10.2. The first-order valence-electron chi connectivity index (χ1n) is 9.40. The van der Waals surface area contributed by atoms with Gasteiger partial charge in [-0.2, -0.15) is 0 Å². The molecule has 0 bridgehead atoms. The van der Waals surface area contributed by atoms with Gasteiger partial charge in [-0.25, -0.2) is 14.5 Å². The zero-order valence-corrected chi connectivity index (χ0v) is 16.7. The molecule has 1 aromatic carbocycles. The molecule has 0 aliphatic heterocycles. The van der Waals surface area contributed by atoms with Crippen molar-refractivity contribution in [2.24, 2.45) is 5.92 Å². The van der Waals surface area contributed by atoms with Crippen LogP contribution in [0.1, 0.15) is 25.3 Å². The van der Waals surface area contributed by atoms with Crippen LogP contribution in [0.3, 0.4) is 0 Å². The summed E-state index contributed by atoms with van der Waals surface area (Å²) in [7, 11) is 0. The van der Waals surface area contributed by atoms with Gasteiger partial charge in [0.1, 0.15) is 5.82 Å². The van der Waals surface area contributed by atoms with Crippen LogP contribution in [0.15, 0.2) is 52.5 Å². The first kappa shape index (κ1) is 18.7. The zero-order chi connectivity index (χ0) is 19.7. The van der Waals surface area contributed by atoms with Crippen LogP contribution in [-0.4, -0.2) is 32.2 Å². The van der Waals surface area contributed by atoms with E-state index < -0.39 is 0 Å². The summed E-state index contributed by atoms with van der Waals surface area (Å²) in [5.41, 5.74) is 1.43. The molecule has 0 unspecified atom stereocenters. The molecule has 1 aliphatic carbocycles. The Kier molecular flexibility index (Phi) is 5.17. The van der Waals surface area contributed by atoms with E-state index in [-0.39, 0.29) is 23.3 Å². The zero-order valence-electron chi connectivity index (χ0n) is 15.9. The summed E-state index contributed by atoms with van der Waals surface area (Å²) in [6.45, 7) is 3.99. The first-order chi connectivity index (χ1) is 13.5. The molecule has 1 N–H and O–H groups in total. The molecule has 7 heteroatoms. The van der Waals surface area contributed by atoms with E-state index in [4.69, 9.17) is 0 Å². The molecule has 28 heavy (non-hydrogen) atoms. The maximum absolute atomic E-state index is 13.2. The molecule has 3 aromatic rings. The summed E-state index contributed by atoms with van der Waals surface area (Å²) in [5.74, 6) is 1.27. The van der Waals surface area contributed by atoms with E-state index in [0.717, 1.165) is 5.56 Å². The van der Waals surface area contributed by atoms with E-state index in [0.29, 0.717) is 27.8 Å². The summed E-state index contributed by atoms with van der Waals surface area (Å²) < 4.78 is 1.50. The highest BCUT2D eigenvalue weighted by Gasteiger charge is 2.29. The molecule has 2 aromatic heterocycles. The van der Waals surface area contributed by atoms with Crippen molar-refractivity contribution in [3.63, 3.8) is 0 Å². The molecule has 0 saturated heterocycles. The van der Waals surface area contributed by atoms with Crippen LogP contribution in [-0.2, 0) is 4.79 Å². The third-order valence-corrected chi connectivity index (χ3v) is 5.86. The summed E-state index contributed by atoms with van der Waals surface area (Å²) >= 11 is 1.26. The van der Waals surface area contributed by atoms with Gasteiger partial charge >= 0.3 is 0 Å². The summed E-state index contributed by atoms with van der Waals surface area (Å²) in [6, 6.07) is 11.2. The van der Waals surface area contributed by atoms with E-state index in [1.807, 2.05) is 44.2 Å². The van der Waals surface area contributed by atoms with Crippen molar-refractivity contribution in [3.8, 4) is 5.82 Å². The number of amides is 1. The first-order valence-corrected chi connectivity index (χ1v) is 10.4. The van der Waals surface area contributed by atoms with Crippen LogP contribution < -0.4 is 10.9 Å². The molecule has 1 amide bonds. The predicted molar refractivity (Wildman–Crippen MR) is 111 cm³/mol. The number of nitrogens with zero attached hydrogens (tertiary/aromatic N) is 3. The third kappa shape index (κ3) is 3.94. The molecule has 1 saturated carbocycles. The van der Waals surface area contributed by atoms with Crippen LogP contribution >= 0.6 is 11.8 Å². The molecule has 1 fully saturated rings. The average Bonchev–Trinajstić information content (AvgIpc) is 3.52. The maximum Gasteiger partial charge on any atom is 0.267 e. The Labute approximate surface area is 167 Å². The molecule has 4 rings (SSSR count). The molecule has 0 radical (unpaired) electrons. The predicted octanol–water partition coefficient (Wildman–Crippen LogP) is 3.10. The smallest absolute Gasteiger partial charge is 0.267 e. The van der Waals surface area contributed by atoms with E-state index in [1.165, 1.54) is 29.2 Å². The Morgan fingerprint density at radius 3 is 2.86 bits per heavy atom. The highest BCUT2D eigenvalue weighted by molar-refractivity contribution is 7.99. The van der Waals surface area contributed by atoms with Gasteiger partial charge in [-0.15, -0.1) is 0 Å². The Morgan fingerprint density at radius 1 is 1.32 bits per heavy atom. The minimum atomic E-state index is -0.182. The number of benzene rings is 1. The largest absolute Gasteiger partial charge is 0.353 e. The Hall–Kier alpha value is -2.67. The molecule has 6 nitrogen and oxygen atoms in total. The summed E-state index contributed by atoms with van der Waals surface area (Å²) in [4.78, 5) is 34.5. The van der Waals surface area contributed by atoms with E-state index in [9.17, 15) is 9.59 Å². The number of pyridine rings is 1. The van der Waals surface area contributed by atoms with Crippen LogP contribution in [0.25, 0.3) is 16.7 Å². The number of carbonyl (C=O) groups is 1. The van der Waals surface area contributed by atoms with Crippen molar-refractivity contribution in [1.82, 2.24) is 19.9 Å². The Balaban J connectivity index is 1.68. The molecule has 0 spiro atoms. The van der Waals surface area contributed by atoms with Gasteiger partial charge in [0.15, 0.2) is 5.16 Å². The number of carbonyl (C=O) groups excluding carboxylic acids is 1. The number of hydrogen-bond acceptors (Lipinski definition) is 5. The second-order valence-electron chi connectivity index (χ2n) is 7.23. The van der Waals surface area contributed by atoms with E-state index >= 15 is 0 Å². The van der Waals surface area contributed by atoms with Gasteiger partial charge in [-0.1, -0.05) is 23.9 Å². The fourth-order valence-corrected chi connectivity index (χ4v) is 4.01. The number of para-hydroxylation sites is 1. The van der Waals surface area contributed by atoms with Crippen molar-refractivity contribution in [2.45, 2.75) is 37.9 Å². The Morgan fingerprint density at radius 2 is 2.11 bits per heavy atom. The van der Waals surface area contributed by atoms with Gasteiger partial charge in [0.2, 0.25) is 5.91 Å². The van der Waals surface area contributed by atoms with Gasteiger partial charge < -0.3 is 5.32 Å². The fourth-order valence-electron chi connectivity index (χ4n) is 3.19. The number of rotatable bonds is 6. The number of aryl methyl sites for hydroxylation is 1. The third-order valence-electron chi connectivity index (χ3n) is 4.93. The lowest BCUT2D eigenvalue weighted by Gasteiger charge is -2.14. The SMILES string of the molecule is Cc1ccnc(-n2c(SCC(=O)N[C@H](C)C3CC3)nc3ccccc3c2=O)c1. The van der Waals surface area contributed by atoms with Crippen molar-refractivity contribution in [3.05, 3.63) is 58.5 Å². The van der Waals surface area contributed by atoms with Crippen molar-refractivity contribution >= 4 is 28.6 Å². The average molecular weight is 395 g/mol. The van der Waals surface area contributed by atoms with Gasteiger partial charge in [-0.05, 0) is 62.4 Å². The quantitative estimate of drug-likeness (QED) is 0.514. The van der Waals surface area contributed by atoms with Gasteiger partial charge in [0.05, 0.1) is 16.7 Å². The summed E-state index contributed by atoms with van der Waals surface area (Å²) in [5, 5.41) is 4.04. The lowest BCUT2D eigenvalue weighted by molar-refractivity contribution is -0.119. The van der Waals surface area contributed by atoms with Gasteiger partial charge in [-0.3, -0.25) is 9.59 Å². The highest BCUT2D eigenvalue weighted by atomic mass is 32.2. The molecular weight excluding hydrogens is 372 g/mol. The summed E-state index contributed by atoms with van der Waals surface area (Å²) in [6.07, 6.45) is 4.03. The van der Waals surface area contributed by atoms with Crippen LogP contribution in [0.2, 0.25) is 0 Å². The van der Waals surface area contributed by atoms with Crippen molar-refractivity contribution in [2.75, 3.05) is 5.75 Å². The van der Waals surface area contributed by atoms with E-state index in [2.05, 4.69) is 15.3 Å². The number of hydrogen-bond donors (Lipinski definition) is 1. The minimum Gasteiger partial charge on any atom is -0.353 e. The second kappa shape index (κ2) is 7.75.